The molecule has 2 atom stereocenters. The van der Waals surface area contributed by atoms with Crippen molar-refractivity contribution in [2.75, 3.05) is 12.0 Å². The summed E-state index contributed by atoms with van der Waals surface area (Å²) in [7, 11) is 1.60. The van der Waals surface area contributed by atoms with E-state index in [0.717, 1.165) is 22.3 Å². The van der Waals surface area contributed by atoms with Crippen molar-refractivity contribution in [2.24, 2.45) is 5.92 Å². The smallest absolute Gasteiger partial charge is 0.408 e. The molecule has 0 saturated carbocycles. The third-order valence-electron chi connectivity index (χ3n) is 6.52. The second kappa shape index (κ2) is 10.9. The molecular weight excluding hydrogens is 484 g/mol. The molecule has 0 spiro atoms. The van der Waals surface area contributed by atoms with Gasteiger partial charge in [0.05, 0.1) is 13.2 Å². The maximum Gasteiger partial charge on any atom is 0.408 e. The Morgan fingerprint density at radius 3 is 2.26 bits per heavy atom. The summed E-state index contributed by atoms with van der Waals surface area (Å²) in [5.74, 6) is 0.0118. The molecule has 1 aliphatic heterocycles. The number of β-lactam (4-membered cyclic amide) rings is 1. The minimum Gasteiger partial charge on any atom is -0.496 e. The van der Waals surface area contributed by atoms with Crippen LogP contribution in [0.5, 0.6) is 11.5 Å². The molecule has 0 radical (unpaired) electrons. The number of hydrogen-bond donors (Lipinski definition) is 1. The fraction of sp³-hybridized carbons (Fsp3) is 0.433. The number of rotatable bonds is 7. The van der Waals surface area contributed by atoms with Crippen LogP contribution in [-0.2, 0) is 14.3 Å². The van der Waals surface area contributed by atoms with Crippen LogP contribution in [0.1, 0.15) is 62.9 Å². The van der Waals surface area contributed by atoms with Gasteiger partial charge in [-0.2, -0.15) is 0 Å². The van der Waals surface area contributed by atoms with Crippen molar-refractivity contribution in [3.63, 3.8) is 0 Å². The number of esters is 1. The van der Waals surface area contributed by atoms with Gasteiger partial charge in [0, 0.05) is 17.3 Å². The maximum absolute atomic E-state index is 13.1. The van der Waals surface area contributed by atoms with E-state index in [2.05, 4.69) is 11.9 Å². The molecule has 38 heavy (non-hydrogen) atoms. The van der Waals surface area contributed by atoms with Gasteiger partial charge in [-0.25, -0.2) is 9.59 Å². The summed E-state index contributed by atoms with van der Waals surface area (Å²) in [5, 5.41) is 2.62. The van der Waals surface area contributed by atoms with Crippen molar-refractivity contribution < 1.29 is 28.6 Å². The van der Waals surface area contributed by atoms with E-state index in [0.29, 0.717) is 22.8 Å². The number of aryl methyl sites for hydroxylation is 2. The van der Waals surface area contributed by atoms with Crippen LogP contribution in [0.2, 0.25) is 0 Å². The van der Waals surface area contributed by atoms with Crippen LogP contribution in [0.4, 0.5) is 10.5 Å². The Morgan fingerprint density at radius 2 is 1.68 bits per heavy atom. The van der Waals surface area contributed by atoms with Gasteiger partial charge in [-0.3, -0.25) is 9.69 Å². The summed E-state index contributed by atoms with van der Waals surface area (Å²) in [4.78, 5) is 40.0. The molecule has 8 nitrogen and oxygen atoms in total. The van der Waals surface area contributed by atoms with Crippen molar-refractivity contribution >= 4 is 23.7 Å². The number of carbonyl (C=O) groups is 3. The fourth-order valence-corrected chi connectivity index (χ4v) is 4.26. The van der Waals surface area contributed by atoms with E-state index >= 15 is 0 Å². The van der Waals surface area contributed by atoms with E-state index in [1.54, 1.807) is 38.8 Å². The lowest BCUT2D eigenvalue weighted by molar-refractivity contribution is -0.138. The molecule has 1 heterocycles. The van der Waals surface area contributed by atoms with Gasteiger partial charge in [0.25, 0.3) is 5.91 Å². The molecule has 0 bridgehead atoms. The zero-order valence-corrected chi connectivity index (χ0v) is 23.7. The summed E-state index contributed by atoms with van der Waals surface area (Å²) in [6.45, 7) is 18.6. The monoisotopic (exact) mass is 522 g/mol. The van der Waals surface area contributed by atoms with E-state index in [-0.39, 0.29) is 11.8 Å². The van der Waals surface area contributed by atoms with Crippen molar-refractivity contribution in [3.8, 4) is 11.5 Å². The summed E-state index contributed by atoms with van der Waals surface area (Å²) in [6.07, 6.45) is -0.692. The Hall–Kier alpha value is -3.81. The molecule has 1 N–H and O–H groups in total. The van der Waals surface area contributed by atoms with E-state index in [4.69, 9.17) is 14.2 Å². The van der Waals surface area contributed by atoms with Gasteiger partial charge in [-0.15, -0.1) is 0 Å². The third kappa shape index (κ3) is 6.01. The molecule has 0 aliphatic carbocycles. The van der Waals surface area contributed by atoms with Crippen LogP contribution in [0, 0.1) is 26.7 Å². The zero-order valence-electron chi connectivity index (χ0n) is 23.7. The lowest BCUT2D eigenvalue weighted by Gasteiger charge is -2.43. The second-order valence-corrected chi connectivity index (χ2v) is 11.0. The number of anilines is 1. The van der Waals surface area contributed by atoms with Gasteiger partial charge < -0.3 is 19.5 Å². The molecule has 2 amide bonds. The molecule has 1 fully saturated rings. The summed E-state index contributed by atoms with van der Waals surface area (Å²) in [5.41, 5.74) is 3.93. The van der Waals surface area contributed by atoms with Crippen molar-refractivity contribution in [2.45, 2.75) is 73.1 Å². The normalized spacial score (nSPS) is 16.2. The first-order valence-electron chi connectivity index (χ1n) is 12.6. The Bertz CT molecular complexity index is 1270. The van der Waals surface area contributed by atoms with Crippen LogP contribution >= 0.6 is 0 Å². The maximum atomic E-state index is 13.1. The third-order valence-corrected chi connectivity index (χ3v) is 6.52. The second-order valence-electron chi connectivity index (χ2n) is 11.0. The molecule has 204 valence electrons. The number of ether oxygens (including phenoxy) is 3. The molecule has 1 aliphatic rings. The van der Waals surface area contributed by atoms with E-state index in [1.807, 2.05) is 58.9 Å². The van der Waals surface area contributed by atoms with Crippen LogP contribution in [0.15, 0.2) is 42.5 Å². The van der Waals surface area contributed by atoms with Crippen LogP contribution in [-0.4, -0.2) is 36.7 Å². The van der Waals surface area contributed by atoms with Crippen molar-refractivity contribution in [3.05, 3.63) is 64.7 Å². The van der Waals surface area contributed by atoms with Gasteiger partial charge in [-0.05, 0) is 81.8 Å². The minimum absolute atomic E-state index is 0.180. The highest BCUT2D eigenvalue weighted by molar-refractivity contribution is 6.15. The Morgan fingerprint density at radius 1 is 1.03 bits per heavy atom. The molecule has 0 aromatic heterocycles. The lowest BCUT2D eigenvalue weighted by Crippen LogP contribution is -2.49. The molecule has 1 saturated heterocycles. The van der Waals surface area contributed by atoms with Gasteiger partial charge in [-0.1, -0.05) is 32.6 Å². The van der Waals surface area contributed by atoms with E-state index in [9.17, 15) is 14.4 Å². The van der Waals surface area contributed by atoms with E-state index < -0.39 is 29.7 Å². The minimum atomic E-state index is -0.910. The summed E-state index contributed by atoms with van der Waals surface area (Å²) in [6, 6.07) is 7.91. The Labute approximate surface area is 224 Å². The standard InChI is InChI=1S/C30H38N2O6/c1-16(2)25(31-29(35)38-30(7,8)9)28(34)37-23-14-21(12-11-17(23)3)26-20(6)27(33)32(26)22-13-18(4)19(5)24(15-22)36-10/h11-16,25-26H,6H2,1-5,7-10H3,(H,31,35)/t25-,26+/m0/s1. The number of nitrogens with one attached hydrogen (secondary N) is 1. The molecule has 2 aromatic carbocycles. The number of amides is 2. The average molecular weight is 523 g/mol. The summed E-state index contributed by atoms with van der Waals surface area (Å²) >= 11 is 0. The number of carbonyl (C=O) groups excluding carboxylic acids is 3. The largest absolute Gasteiger partial charge is 0.496 e. The first-order valence-corrected chi connectivity index (χ1v) is 12.6. The number of methoxy groups -OCH3 is 1. The van der Waals surface area contributed by atoms with Crippen LogP contribution in [0.25, 0.3) is 0 Å². The predicted molar refractivity (Wildman–Crippen MR) is 147 cm³/mol. The number of alkyl carbamates (subject to hydrolysis) is 1. The van der Waals surface area contributed by atoms with Crippen LogP contribution < -0.4 is 19.7 Å². The fourth-order valence-electron chi connectivity index (χ4n) is 4.26. The van der Waals surface area contributed by atoms with Crippen LogP contribution in [0.3, 0.4) is 0 Å². The van der Waals surface area contributed by atoms with E-state index in [1.165, 1.54) is 0 Å². The average Bonchev–Trinajstić information content (AvgIpc) is 2.82. The number of benzene rings is 2. The molecule has 8 heteroatoms. The van der Waals surface area contributed by atoms with Crippen molar-refractivity contribution in [1.82, 2.24) is 5.32 Å². The number of hydrogen-bond acceptors (Lipinski definition) is 6. The molecule has 2 aromatic rings. The predicted octanol–water partition coefficient (Wildman–Crippen LogP) is 5.72. The highest BCUT2D eigenvalue weighted by Gasteiger charge is 2.43. The van der Waals surface area contributed by atoms with Crippen molar-refractivity contribution in [1.29, 1.82) is 0 Å². The molecule has 0 unspecified atom stereocenters. The Balaban J connectivity index is 1.88. The highest BCUT2D eigenvalue weighted by atomic mass is 16.6. The topological polar surface area (TPSA) is 94.2 Å². The molecular formula is C30H38N2O6. The molecule has 3 rings (SSSR count). The highest BCUT2D eigenvalue weighted by Crippen LogP contribution is 2.45. The zero-order chi connectivity index (χ0) is 28.5. The first-order chi connectivity index (χ1) is 17.6. The van der Waals surface area contributed by atoms with Gasteiger partial charge in [0.1, 0.15) is 23.1 Å². The lowest BCUT2D eigenvalue weighted by atomic mass is 9.87. The Kier molecular flexibility index (Phi) is 8.24. The SMILES string of the molecule is C=C1C(=O)N(c2cc(C)c(C)c(OC)c2)[C@H]1c1ccc(C)c(OC(=O)[C@@H](NC(=O)OC(C)(C)C)C(C)C)c1. The quantitative estimate of drug-likeness (QED) is 0.216. The van der Waals surface area contributed by atoms with Gasteiger partial charge in [0.15, 0.2) is 0 Å². The first kappa shape index (κ1) is 28.8. The van der Waals surface area contributed by atoms with Gasteiger partial charge >= 0.3 is 12.1 Å². The number of nitrogens with zero attached hydrogens (tertiary/aromatic N) is 1. The summed E-state index contributed by atoms with van der Waals surface area (Å²) < 4.78 is 16.6. The van der Waals surface area contributed by atoms with Gasteiger partial charge in [0.2, 0.25) is 0 Å².